The first-order valence-electron chi connectivity index (χ1n) is 5.89. The minimum Gasteiger partial charge on any atom is -0.479 e. The van der Waals surface area contributed by atoms with Crippen LogP contribution in [0.15, 0.2) is 18.2 Å². The molecule has 1 atom stereocenters. The summed E-state index contributed by atoms with van der Waals surface area (Å²) < 4.78 is 30.4. The molecule has 0 unspecified atom stereocenters. The molecule has 1 rings (SSSR count). The number of hydrogen-bond acceptors (Lipinski definition) is 8. The van der Waals surface area contributed by atoms with Gasteiger partial charge in [-0.1, -0.05) is 6.07 Å². The number of nitrogens with one attached hydrogen (secondary N) is 1. The number of hydrazine groups is 1. The number of nitrogens with two attached hydrogens (primary N) is 2. The van der Waals surface area contributed by atoms with Gasteiger partial charge in [0.2, 0.25) is 0 Å². The van der Waals surface area contributed by atoms with Crippen molar-refractivity contribution in [1.82, 2.24) is 5.43 Å². The van der Waals surface area contributed by atoms with Crippen molar-refractivity contribution in [3.8, 4) is 11.5 Å². The molecule has 0 spiro atoms. The first-order chi connectivity index (χ1) is 10.8. The molecule has 0 saturated heterocycles. The van der Waals surface area contributed by atoms with Crippen LogP contribution in [-0.2, 0) is 20.3 Å². The maximum Gasteiger partial charge on any atom is 0.524 e. The highest BCUT2D eigenvalue weighted by molar-refractivity contribution is 7.47. The number of phosphoric ester groups is 2. The Morgan fingerprint density at radius 3 is 2.04 bits per heavy atom. The number of carboxylic acids is 1. The summed E-state index contributed by atoms with van der Waals surface area (Å²) in [5.41, 5.74) is 5.34. The van der Waals surface area contributed by atoms with Crippen molar-refractivity contribution in [3.63, 3.8) is 0 Å². The van der Waals surface area contributed by atoms with Gasteiger partial charge in [-0.05, 0) is 17.7 Å². The van der Waals surface area contributed by atoms with Crippen LogP contribution in [0.5, 0.6) is 11.5 Å². The van der Waals surface area contributed by atoms with Crippen LogP contribution in [-0.4, -0.2) is 36.3 Å². The van der Waals surface area contributed by atoms with Crippen LogP contribution in [0.3, 0.4) is 0 Å². The Hall–Kier alpha value is -1.53. The summed E-state index contributed by atoms with van der Waals surface area (Å²) in [5, 5.41) is 9.01. The zero-order valence-electron chi connectivity index (χ0n) is 11.8. The minimum atomic E-state index is -5.10. The van der Waals surface area contributed by atoms with Gasteiger partial charge in [-0.15, -0.1) is 0 Å². The average Bonchev–Trinajstić information content (AvgIpc) is 2.38. The summed E-state index contributed by atoms with van der Waals surface area (Å²) in [5.74, 6) is 2.15. The van der Waals surface area contributed by atoms with Crippen molar-refractivity contribution in [2.45, 2.75) is 12.1 Å². The lowest BCUT2D eigenvalue weighted by molar-refractivity contribution is -0.144. The first-order valence-corrected chi connectivity index (χ1v) is 8.95. The summed E-state index contributed by atoms with van der Waals surface area (Å²) in [4.78, 5) is 46.3. The van der Waals surface area contributed by atoms with Gasteiger partial charge < -0.3 is 19.9 Å². The predicted molar refractivity (Wildman–Crippen MR) is 77.4 cm³/mol. The molecule has 136 valence electrons. The van der Waals surface area contributed by atoms with Gasteiger partial charge in [0, 0.05) is 6.42 Å². The van der Waals surface area contributed by atoms with Crippen molar-refractivity contribution in [3.05, 3.63) is 23.8 Å². The molecule has 0 aliphatic heterocycles. The van der Waals surface area contributed by atoms with E-state index >= 15 is 0 Å². The van der Waals surface area contributed by atoms with Crippen molar-refractivity contribution in [2.24, 2.45) is 11.6 Å². The van der Waals surface area contributed by atoms with Crippen LogP contribution in [0.1, 0.15) is 5.56 Å². The van der Waals surface area contributed by atoms with E-state index in [2.05, 4.69) is 9.05 Å². The van der Waals surface area contributed by atoms with Crippen molar-refractivity contribution in [2.75, 3.05) is 0 Å². The molecule has 13 nitrogen and oxygen atoms in total. The van der Waals surface area contributed by atoms with Gasteiger partial charge in [0.25, 0.3) is 0 Å². The fourth-order valence-electron chi connectivity index (χ4n) is 1.58. The van der Waals surface area contributed by atoms with Gasteiger partial charge in [0.15, 0.2) is 17.2 Å². The van der Waals surface area contributed by atoms with E-state index in [1.165, 1.54) is 0 Å². The van der Waals surface area contributed by atoms with E-state index < -0.39 is 45.2 Å². The third kappa shape index (κ3) is 6.17. The molecule has 0 amide bonds. The average molecular weight is 387 g/mol. The highest BCUT2D eigenvalue weighted by Crippen LogP contribution is 2.47. The second-order valence-electron chi connectivity index (χ2n) is 4.54. The van der Waals surface area contributed by atoms with E-state index in [1.807, 2.05) is 5.43 Å². The molecule has 10 N–H and O–H groups in total. The maximum atomic E-state index is 11.1. The summed E-state index contributed by atoms with van der Waals surface area (Å²) in [6.45, 7) is 0. The summed E-state index contributed by atoms with van der Waals surface area (Å²) in [6.07, 6.45) is -0.452. The number of carbonyl (C=O) groups is 1. The van der Waals surface area contributed by atoms with Gasteiger partial charge in [-0.25, -0.2) is 19.4 Å². The van der Waals surface area contributed by atoms with E-state index in [1.54, 1.807) is 0 Å². The molecule has 0 aliphatic carbocycles. The Bertz CT molecular complexity index is 716. The van der Waals surface area contributed by atoms with Crippen LogP contribution in [0, 0.1) is 0 Å². The smallest absolute Gasteiger partial charge is 0.479 e. The van der Waals surface area contributed by atoms with Crippen LogP contribution < -0.4 is 26.0 Å². The Morgan fingerprint density at radius 1 is 1.12 bits per heavy atom. The van der Waals surface area contributed by atoms with Crippen molar-refractivity contribution in [1.29, 1.82) is 0 Å². The van der Waals surface area contributed by atoms with Crippen LogP contribution in [0.25, 0.3) is 0 Å². The quantitative estimate of drug-likeness (QED) is 0.108. The Labute approximate surface area is 134 Å². The molecule has 0 bridgehead atoms. The molecule has 0 aromatic heterocycles. The fraction of sp³-hybridized carbons (Fsp3) is 0.222. The van der Waals surface area contributed by atoms with E-state index in [4.69, 9.17) is 36.3 Å². The number of benzene rings is 1. The first kappa shape index (κ1) is 20.5. The van der Waals surface area contributed by atoms with Gasteiger partial charge in [-0.3, -0.25) is 25.4 Å². The van der Waals surface area contributed by atoms with Crippen LogP contribution in [0.2, 0.25) is 0 Å². The molecular weight excluding hydrogens is 372 g/mol. The molecule has 0 fully saturated rings. The van der Waals surface area contributed by atoms with Crippen molar-refractivity contribution >= 4 is 21.6 Å². The number of phosphoric acid groups is 2. The lowest BCUT2D eigenvalue weighted by Crippen LogP contribution is -2.63. The number of hydrogen-bond donors (Lipinski definition) is 8. The Morgan fingerprint density at radius 2 is 1.62 bits per heavy atom. The van der Waals surface area contributed by atoms with Gasteiger partial charge in [0.05, 0.1) is 0 Å². The van der Waals surface area contributed by atoms with E-state index in [9.17, 15) is 13.9 Å². The zero-order valence-corrected chi connectivity index (χ0v) is 13.6. The van der Waals surface area contributed by atoms with Gasteiger partial charge >= 0.3 is 21.6 Å². The topological polar surface area (TPSA) is 235 Å². The predicted octanol–water partition coefficient (Wildman–Crippen LogP) is -1.63. The highest BCUT2D eigenvalue weighted by atomic mass is 31.2. The molecule has 0 saturated carbocycles. The Kier molecular flexibility index (Phi) is 6.11. The number of aliphatic carboxylic acids is 1. The molecule has 0 heterocycles. The van der Waals surface area contributed by atoms with Crippen LogP contribution in [0.4, 0.5) is 0 Å². The molecule has 1 aromatic carbocycles. The van der Waals surface area contributed by atoms with E-state index in [0.717, 1.165) is 18.2 Å². The summed E-state index contributed by atoms with van der Waals surface area (Å²) in [7, 11) is -10.1. The molecule has 1 aromatic rings. The largest absolute Gasteiger partial charge is 0.524 e. The molecular formula is C9H15N3O10P2. The van der Waals surface area contributed by atoms with Gasteiger partial charge in [-0.2, -0.15) is 0 Å². The van der Waals surface area contributed by atoms with E-state index in [-0.39, 0.29) is 5.56 Å². The molecule has 24 heavy (non-hydrogen) atoms. The lowest BCUT2D eigenvalue weighted by Gasteiger charge is -2.24. The standard InChI is InChI=1S/C9H15N3O10P2/c10-9(12-11,8(13)14)4-5-1-2-6(21-23(15,16)17)7(3-5)22-24(18,19)20/h1-3,12H,4,10-11H2,(H,13,14)(H2,15,16,17)(H2,18,19,20)/t9-/m0/s1. The van der Waals surface area contributed by atoms with Crippen molar-refractivity contribution < 1.29 is 47.7 Å². The monoisotopic (exact) mass is 387 g/mol. The third-order valence-corrected chi connectivity index (χ3v) is 3.43. The minimum absolute atomic E-state index is 0.0689. The second kappa shape index (κ2) is 7.15. The summed E-state index contributed by atoms with van der Waals surface area (Å²) >= 11 is 0. The highest BCUT2D eigenvalue weighted by Gasteiger charge is 2.33. The second-order valence-corrected chi connectivity index (χ2v) is 6.87. The maximum absolute atomic E-state index is 11.1. The molecule has 15 heteroatoms. The SMILES string of the molecule is NN[C@@](N)(Cc1ccc(OP(=O)(O)O)c(OP(=O)(O)O)c1)C(=O)O. The lowest BCUT2D eigenvalue weighted by atomic mass is 10.0. The van der Waals surface area contributed by atoms with Crippen LogP contribution >= 0.6 is 15.6 Å². The van der Waals surface area contributed by atoms with Gasteiger partial charge in [0.1, 0.15) is 0 Å². The fourth-order valence-corrected chi connectivity index (χ4v) is 2.38. The molecule has 0 radical (unpaired) electrons. The normalized spacial score (nSPS) is 14.8. The number of rotatable bonds is 8. The zero-order chi connectivity index (χ0) is 18.8. The summed E-state index contributed by atoms with van der Waals surface area (Å²) in [6, 6.07) is 2.96. The van der Waals surface area contributed by atoms with E-state index in [0.29, 0.717) is 0 Å². The number of carboxylic acid groups (broad SMARTS) is 1. The third-order valence-electron chi connectivity index (χ3n) is 2.56. The Balaban J connectivity index is 3.27. The molecule has 0 aliphatic rings.